The number of rotatable bonds is 6. The van der Waals surface area contributed by atoms with E-state index >= 15 is 0 Å². The fourth-order valence-corrected chi connectivity index (χ4v) is 6.18. The zero-order valence-corrected chi connectivity index (χ0v) is 16.1. The molecule has 0 aromatic carbocycles. The van der Waals surface area contributed by atoms with Gasteiger partial charge in [-0.15, -0.1) is 10.2 Å². The smallest absolute Gasteiger partial charge is 0.214 e. The van der Waals surface area contributed by atoms with Crippen LogP contribution in [0.1, 0.15) is 62.8 Å². The van der Waals surface area contributed by atoms with Gasteiger partial charge in [0.25, 0.3) is 0 Å². The maximum absolute atomic E-state index is 12.3. The lowest BCUT2D eigenvalue weighted by Gasteiger charge is -2.33. The molecule has 136 valence electrons. The number of unbranched alkanes of at least 4 members (excludes halogenated alkanes) is 1. The van der Waals surface area contributed by atoms with Gasteiger partial charge in [0.1, 0.15) is 5.01 Å². The molecule has 0 amide bonds. The Labute approximate surface area is 149 Å². The molecule has 0 bridgehead atoms. The summed E-state index contributed by atoms with van der Waals surface area (Å²) >= 11 is 1.70. The van der Waals surface area contributed by atoms with E-state index in [4.69, 9.17) is 0 Å². The van der Waals surface area contributed by atoms with Gasteiger partial charge < -0.3 is 4.90 Å². The first-order chi connectivity index (χ1) is 11.6. The van der Waals surface area contributed by atoms with Crippen LogP contribution in [-0.2, 0) is 10.0 Å². The highest BCUT2D eigenvalue weighted by molar-refractivity contribution is 7.89. The van der Waals surface area contributed by atoms with E-state index in [2.05, 4.69) is 15.1 Å². The van der Waals surface area contributed by atoms with Gasteiger partial charge in [0.05, 0.1) is 5.75 Å². The van der Waals surface area contributed by atoms with E-state index in [0.29, 0.717) is 32.1 Å². The van der Waals surface area contributed by atoms with Crippen LogP contribution in [0.5, 0.6) is 0 Å². The van der Waals surface area contributed by atoms with Crippen molar-refractivity contribution >= 4 is 26.5 Å². The Morgan fingerprint density at radius 2 is 1.79 bits per heavy atom. The second-order valence-electron chi connectivity index (χ2n) is 6.81. The first-order valence-electron chi connectivity index (χ1n) is 9.16. The first kappa shape index (κ1) is 18.1. The molecule has 2 fully saturated rings. The normalized spacial score (nSPS) is 21.3. The van der Waals surface area contributed by atoms with Gasteiger partial charge in [-0.1, -0.05) is 43.9 Å². The van der Waals surface area contributed by atoms with Crippen LogP contribution in [0.25, 0.3) is 0 Å². The molecule has 1 saturated heterocycles. The molecule has 24 heavy (non-hydrogen) atoms. The Hall–Kier alpha value is -0.730. The molecule has 1 aromatic rings. The summed E-state index contributed by atoms with van der Waals surface area (Å²) in [5.41, 5.74) is 0. The van der Waals surface area contributed by atoms with Crippen LogP contribution in [-0.4, -0.2) is 54.9 Å². The van der Waals surface area contributed by atoms with Crippen molar-refractivity contribution in [2.45, 2.75) is 57.8 Å². The number of hydrogen-bond donors (Lipinski definition) is 0. The van der Waals surface area contributed by atoms with Crippen molar-refractivity contribution < 1.29 is 8.42 Å². The molecule has 3 rings (SSSR count). The van der Waals surface area contributed by atoms with Gasteiger partial charge in [-0.3, -0.25) is 0 Å². The van der Waals surface area contributed by atoms with Crippen LogP contribution < -0.4 is 4.90 Å². The molecule has 1 aliphatic heterocycles. The summed E-state index contributed by atoms with van der Waals surface area (Å²) in [7, 11) is -3.09. The molecule has 0 spiro atoms. The van der Waals surface area contributed by atoms with Gasteiger partial charge in [-0.25, -0.2) is 8.42 Å². The summed E-state index contributed by atoms with van der Waals surface area (Å²) in [6.07, 6.45) is 8.06. The van der Waals surface area contributed by atoms with Crippen LogP contribution in [0, 0.1) is 0 Å². The number of anilines is 1. The minimum atomic E-state index is -3.09. The van der Waals surface area contributed by atoms with Crippen molar-refractivity contribution in [3.05, 3.63) is 5.01 Å². The highest BCUT2D eigenvalue weighted by atomic mass is 32.2. The summed E-state index contributed by atoms with van der Waals surface area (Å²) in [5, 5.41) is 10.9. The van der Waals surface area contributed by atoms with Gasteiger partial charge in [-0.05, 0) is 19.3 Å². The lowest BCUT2D eigenvalue weighted by atomic mass is 9.90. The molecule has 0 atom stereocenters. The molecule has 1 saturated carbocycles. The summed E-state index contributed by atoms with van der Waals surface area (Å²) in [5.74, 6) is 0.856. The summed E-state index contributed by atoms with van der Waals surface area (Å²) in [4.78, 5) is 2.19. The van der Waals surface area contributed by atoms with Gasteiger partial charge in [0.2, 0.25) is 15.2 Å². The number of nitrogens with zero attached hydrogens (tertiary/aromatic N) is 4. The summed E-state index contributed by atoms with van der Waals surface area (Å²) < 4.78 is 26.2. The largest absolute Gasteiger partial charge is 0.344 e. The van der Waals surface area contributed by atoms with E-state index in [-0.39, 0.29) is 5.75 Å². The van der Waals surface area contributed by atoms with Crippen LogP contribution in [0.15, 0.2) is 0 Å². The van der Waals surface area contributed by atoms with E-state index in [1.165, 1.54) is 37.1 Å². The van der Waals surface area contributed by atoms with E-state index in [1.807, 2.05) is 6.92 Å². The zero-order valence-electron chi connectivity index (χ0n) is 14.5. The van der Waals surface area contributed by atoms with Gasteiger partial charge in [0.15, 0.2) is 0 Å². The SMILES string of the molecule is CCCCS(=O)(=O)N1CCN(c2nnc(C3CCCCC3)s2)CC1. The molecule has 2 aliphatic rings. The van der Waals surface area contributed by atoms with Crippen molar-refractivity contribution in [1.82, 2.24) is 14.5 Å². The van der Waals surface area contributed by atoms with Crippen molar-refractivity contribution in [3.63, 3.8) is 0 Å². The molecule has 0 N–H and O–H groups in total. The zero-order chi connectivity index (χ0) is 17.0. The second kappa shape index (κ2) is 8.10. The lowest BCUT2D eigenvalue weighted by Crippen LogP contribution is -2.49. The molecule has 8 heteroatoms. The average Bonchev–Trinajstić information content (AvgIpc) is 3.11. The van der Waals surface area contributed by atoms with Crippen LogP contribution >= 0.6 is 11.3 Å². The third-order valence-electron chi connectivity index (χ3n) is 5.04. The standard InChI is InChI=1S/C16H28N4O2S2/c1-2-3-13-24(21,22)20-11-9-19(10-12-20)16-18-17-15(23-16)14-7-5-4-6-8-14/h14H,2-13H2,1H3. The highest BCUT2D eigenvalue weighted by Crippen LogP contribution is 2.36. The number of hydrogen-bond acceptors (Lipinski definition) is 6. The minimum Gasteiger partial charge on any atom is -0.344 e. The fourth-order valence-electron chi connectivity index (χ4n) is 3.48. The van der Waals surface area contributed by atoms with Gasteiger partial charge in [-0.2, -0.15) is 4.31 Å². The first-order valence-corrected chi connectivity index (χ1v) is 11.6. The predicted molar refractivity (Wildman–Crippen MR) is 98.2 cm³/mol. The molecular formula is C16H28N4O2S2. The monoisotopic (exact) mass is 372 g/mol. The van der Waals surface area contributed by atoms with Crippen molar-refractivity contribution in [2.75, 3.05) is 36.8 Å². The number of sulfonamides is 1. The molecule has 0 radical (unpaired) electrons. The minimum absolute atomic E-state index is 0.272. The van der Waals surface area contributed by atoms with Crippen LogP contribution in [0.2, 0.25) is 0 Å². The Morgan fingerprint density at radius 1 is 1.08 bits per heavy atom. The maximum Gasteiger partial charge on any atom is 0.214 e. The van der Waals surface area contributed by atoms with Gasteiger partial charge in [0, 0.05) is 32.1 Å². The fraction of sp³-hybridized carbons (Fsp3) is 0.875. The van der Waals surface area contributed by atoms with E-state index in [0.717, 1.165) is 18.0 Å². The van der Waals surface area contributed by atoms with E-state index in [9.17, 15) is 8.42 Å². The lowest BCUT2D eigenvalue weighted by molar-refractivity contribution is 0.384. The molecule has 1 aliphatic carbocycles. The number of piperazine rings is 1. The van der Waals surface area contributed by atoms with Crippen molar-refractivity contribution in [1.29, 1.82) is 0 Å². The Balaban J connectivity index is 1.56. The van der Waals surface area contributed by atoms with Crippen LogP contribution in [0.3, 0.4) is 0 Å². The van der Waals surface area contributed by atoms with Crippen molar-refractivity contribution in [3.8, 4) is 0 Å². The molecule has 0 unspecified atom stereocenters. The maximum atomic E-state index is 12.3. The number of aromatic nitrogens is 2. The summed E-state index contributed by atoms with van der Waals surface area (Å²) in [6.45, 7) is 4.57. The van der Waals surface area contributed by atoms with E-state index < -0.39 is 10.0 Å². The molecule has 2 heterocycles. The predicted octanol–water partition coefficient (Wildman–Crippen LogP) is 2.84. The van der Waals surface area contributed by atoms with Crippen molar-refractivity contribution in [2.24, 2.45) is 0 Å². The summed E-state index contributed by atoms with van der Waals surface area (Å²) in [6, 6.07) is 0. The topological polar surface area (TPSA) is 66.4 Å². The van der Waals surface area contributed by atoms with Crippen LogP contribution in [0.4, 0.5) is 5.13 Å². The highest BCUT2D eigenvalue weighted by Gasteiger charge is 2.28. The molecule has 6 nitrogen and oxygen atoms in total. The Bertz CT molecular complexity index is 618. The molecule has 1 aromatic heterocycles. The van der Waals surface area contributed by atoms with E-state index in [1.54, 1.807) is 15.6 Å². The Kier molecular flexibility index (Phi) is 6.10. The third kappa shape index (κ3) is 4.26. The third-order valence-corrected chi connectivity index (χ3v) is 8.15. The quantitative estimate of drug-likeness (QED) is 0.768. The average molecular weight is 373 g/mol. The molecular weight excluding hydrogens is 344 g/mol. The Morgan fingerprint density at radius 3 is 2.46 bits per heavy atom. The van der Waals surface area contributed by atoms with Gasteiger partial charge >= 0.3 is 0 Å². The second-order valence-corrected chi connectivity index (χ2v) is 9.89.